The number of rotatable bonds is 5. The molecule has 0 aliphatic carbocycles. The van der Waals surface area contributed by atoms with Gasteiger partial charge in [-0.3, -0.25) is 4.79 Å². The second-order valence-corrected chi connectivity index (χ2v) is 5.42. The Labute approximate surface area is 148 Å². The average molecular weight is 331 g/mol. The number of pyridine rings is 1. The fourth-order valence-corrected chi connectivity index (χ4v) is 2.15. The van der Waals surface area contributed by atoms with Crippen molar-refractivity contribution in [1.82, 2.24) is 4.98 Å². The number of fused-ring (bicyclic) bond motifs is 1. The highest BCUT2D eigenvalue weighted by molar-refractivity contribution is 5.78. The lowest BCUT2D eigenvalue weighted by Crippen LogP contribution is -2.04. The van der Waals surface area contributed by atoms with Crippen LogP contribution in [-0.2, 0) is 9.53 Å². The summed E-state index contributed by atoms with van der Waals surface area (Å²) in [5.74, 6) is 5.88. The molecule has 0 N–H and O–H groups in total. The normalized spacial score (nSPS) is 11.6. The van der Waals surface area contributed by atoms with E-state index in [0.29, 0.717) is 6.61 Å². The molecule has 0 spiro atoms. The maximum atomic E-state index is 11.5. The largest absolute Gasteiger partial charge is 0.466 e. The van der Waals surface area contributed by atoms with Gasteiger partial charge < -0.3 is 4.74 Å². The molecule has 3 nitrogen and oxygen atoms in total. The zero-order chi connectivity index (χ0) is 18.1. The lowest BCUT2D eigenvalue weighted by atomic mass is 10.1. The molecule has 0 aliphatic heterocycles. The quantitative estimate of drug-likeness (QED) is 0.457. The number of nitrogens with zero attached hydrogens (tertiary/aromatic N) is 1. The number of para-hydroxylation sites is 1. The molecule has 0 aliphatic rings. The van der Waals surface area contributed by atoms with Crippen molar-refractivity contribution in [3.05, 3.63) is 78.0 Å². The molecule has 0 atom stereocenters. The van der Waals surface area contributed by atoms with Crippen molar-refractivity contribution in [3.63, 3.8) is 0 Å². The van der Waals surface area contributed by atoms with Gasteiger partial charge in [0.15, 0.2) is 0 Å². The van der Waals surface area contributed by atoms with Crippen LogP contribution in [0.4, 0.5) is 0 Å². The first-order valence-electron chi connectivity index (χ1n) is 8.15. The van der Waals surface area contributed by atoms with Crippen LogP contribution in [0.5, 0.6) is 0 Å². The zero-order valence-corrected chi connectivity index (χ0v) is 14.6. The van der Waals surface area contributed by atoms with Crippen molar-refractivity contribution in [2.75, 3.05) is 6.61 Å². The molecule has 3 heteroatoms. The van der Waals surface area contributed by atoms with Gasteiger partial charge in [-0.15, -0.1) is 0 Å². The maximum absolute atomic E-state index is 11.5. The van der Waals surface area contributed by atoms with Gasteiger partial charge in [-0.05, 0) is 43.0 Å². The Bertz CT molecular complexity index is 895. The first-order valence-corrected chi connectivity index (χ1v) is 8.15. The molecular weight excluding hydrogens is 310 g/mol. The fourth-order valence-electron chi connectivity index (χ4n) is 2.15. The second-order valence-electron chi connectivity index (χ2n) is 5.42. The van der Waals surface area contributed by atoms with E-state index >= 15 is 0 Å². The summed E-state index contributed by atoms with van der Waals surface area (Å²) >= 11 is 0. The van der Waals surface area contributed by atoms with Gasteiger partial charge in [-0.1, -0.05) is 55.0 Å². The average Bonchev–Trinajstić information content (AvgIpc) is 2.63. The minimum Gasteiger partial charge on any atom is -0.466 e. The summed E-state index contributed by atoms with van der Waals surface area (Å²) in [6.07, 6.45) is 5.56. The second kappa shape index (κ2) is 9.24. The Hall–Kier alpha value is -3.12. The van der Waals surface area contributed by atoms with Gasteiger partial charge in [0.1, 0.15) is 5.69 Å². The number of carbonyl (C=O) groups is 1. The summed E-state index contributed by atoms with van der Waals surface area (Å²) in [6.45, 7) is 7.80. The van der Waals surface area contributed by atoms with Gasteiger partial charge in [0.25, 0.3) is 0 Å². The molecule has 0 saturated heterocycles. The third-order valence-corrected chi connectivity index (χ3v) is 3.45. The van der Waals surface area contributed by atoms with Crippen LogP contribution in [-0.4, -0.2) is 17.6 Å². The topological polar surface area (TPSA) is 39.2 Å². The summed E-state index contributed by atoms with van der Waals surface area (Å²) in [5, 5.41) is 1.10. The van der Waals surface area contributed by atoms with Crippen LogP contribution in [0.2, 0.25) is 0 Å². The molecule has 2 rings (SSSR count). The highest BCUT2D eigenvalue weighted by Crippen LogP contribution is 2.11. The predicted octanol–water partition coefficient (Wildman–Crippen LogP) is 4.60. The number of benzene rings is 1. The van der Waals surface area contributed by atoms with Crippen molar-refractivity contribution >= 4 is 16.9 Å². The van der Waals surface area contributed by atoms with Gasteiger partial charge in [-0.2, -0.15) is 0 Å². The zero-order valence-electron chi connectivity index (χ0n) is 14.6. The van der Waals surface area contributed by atoms with E-state index in [1.54, 1.807) is 13.0 Å². The summed E-state index contributed by atoms with van der Waals surface area (Å²) in [5.41, 5.74) is 3.33. The van der Waals surface area contributed by atoms with E-state index < -0.39 is 0 Å². The monoisotopic (exact) mass is 331 g/mol. The summed E-state index contributed by atoms with van der Waals surface area (Å²) in [4.78, 5) is 16.0. The minimum absolute atomic E-state index is 0.209. The van der Waals surface area contributed by atoms with Crippen LogP contribution in [0.1, 0.15) is 26.0 Å². The molecular formula is C22H21NO2. The number of ether oxygens (including phenoxy) is 1. The fraction of sp³-hybridized carbons (Fsp3) is 0.182. The molecule has 1 aromatic carbocycles. The van der Waals surface area contributed by atoms with E-state index in [-0.39, 0.29) is 12.4 Å². The molecule has 1 aromatic heterocycles. The first-order chi connectivity index (χ1) is 12.1. The molecule has 0 unspecified atom stereocenters. The summed E-state index contributed by atoms with van der Waals surface area (Å²) in [7, 11) is 0. The number of carbonyl (C=O) groups excluding carboxylic acids is 1. The van der Waals surface area contributed by atoms with Crippen LogP contribution in [0.15, 0.2) is 72.4 Å². The van der Waals surface area contributed by atoms with Crippen LogP contribution in [0.3, 0.4) is 0 Å². The lowest BCUT2D eigenvalue weighted by molar-refractivity contribution is -0.142. The van der Waals surface area contributed by atoms with Gasteiger partial charge in [0, 0.05) is 5.39 Å². The highest BCUT2D eigenvalue weighted by atomic mass is 16.5. The van der Waals surface area contributed by atoms with E-state index in [1.165, 1.54) is 0 Å². The van der Waals surface area contributed by atoms with Gasteiger partial charge >= 0.3 is 5.97 Å². The number of aromatic nitrogens is 1. The van der Waals surface area contributed by atoms with Crippen molar-refractivity contribution in [2.45, 2.75) is 20.3 Å². The van der Waals surface area contributed by atoms with E-state index in [9.17, 15) is 4.79 Å². The highest BCUT2D eigenvalue weighted by Gasteiger charge is 2.02. The van der Waals surface area contributed by atoms with E-state index in [1.807, 2.05) is 55.5 Å². The van der Waals surface area contributed by atoms with Gasteiger partial charge in [-0.25, -0.2) is 4.98 Å². The molecule has 0 amide bonds. The van der Waals surface area contributed by atoms with Crippen LogP contribution >= 0.6 is 0 Å². The van der Waals surface area contributed by atoms with Gasteiger partial charge in [0.05, 0.1) is 18.5 Å². The smallest absolute Gasteiger partial charge is 0.310 e. The Balaban J connectivity index is 2.11. The third kappa shape index (κ3) is 5.78. The molecule has 2 aromatic rings. The molecule has 25 heavy (non-hydrogen) atoms. The third-order valence-electron chi connectivity index (χ3n) is 3.45. The number of esters is 1. The Morgan fingerprint density at radius 3 is 2.80 bits per heavy atom. The standard InChI is InChI=1S/C22H21NO2/c1-4-18(16-22(24)25-5-2)12-10-17(3)11-14-20-15-13-19-8-6-7-9-21(19)23-20/h4,6-10,12-13,15H,1,5,16H2,2-3H3. The first kappa shape index (κ1) is 18.2. The molecule has 126 valence electrons. The number of hydrogen-bond acceptors (Lipinski definition) is 3. The Morgan fingerprint density at radius 1 is 1.24 bits per heavy atom. The Morgan fingerprint density at radius 2 is 2.04 bits per heavy atom. The minimum atomic E-state index is -0.258. The molecule has 1 heterocycles. The van der Waals surface area contributed by atoms with E-state index in [0.717, 1.165) is 27.7 Å². The Kier molecular flexibility index (Phi) is 6.74. The maximum Gasteiger partial charge on any atom is 0.310 e. The van der Waals surface area contributed by atoms with Gasteiger partial charge in [0.2, 0.25) is 0 Å². The summed E-state index contributed by atoms with van der Waals surface area (Å²) in [6, 6.07) is 11.9. The van der Waals surface area contributed by atoms with E-state index in [4.69, 9.17) is 4.74 Å². The van der Waals surface area contributed by atoms with Crippen LogP contribution in [0.25, 0.3) is 10.9 Å². The SMILES string of the molecule is C=CC(=CC=C(C)C#Cc1ccc2ccccc2n1)CC(=O)OCC. The van der Waals surface area contributed by atoms with Crippen molar-refractivity contribution < 1.29 is 9.53 Å². The molecule has 0 bridgehead atoms. The number of hydrogen-bond donors (Lipinski definition) is 0. The van der Waals surface area contributed by atoms with Crippen molar-refractivity contribution in [1.29, 1.82) is 0 Å². The van der Waals surface area contributed by atoms with Crippen molar-refractivity contribution in [3.8, 4) is 11.8 Å². The summed E-state index contributed by atoms with van der Waals surface area (Å²) < 4.78 is 4.94. The van der Waals surface area contributed by atoms with Crippen LogP contribution < -0.4 is 0 Å². The predicted molar refractivity (Wildman–Crippen MR) is 102 cm³/mol. The molecule has 0 saturated carbocycles. The molecule has 0 radical (unpaired) electrons. The van der Waals surface area contributed by atoms with Crippen LogP contribution in [0, 0.1) is 11.8 Å². The van der Waals surface area contributed by atoms with Crippen molar-refractivity contribution in [2.24, 2.45) is 0 Å². The molecule has 0 fully saturated rings. The van der Waals surface area contributed by atoms with E-state index in [2.05, 4.69) is 23.4 Å². The number of allylic oxidation sites excluding steroid dienone is 4. The lowest BCUT2D eigenvalue weighted by Gasteiger charge is -2.01.